The lowest BCUT2D eigenvalue weighted by Crippen LogP contribution is -2.25. The van der Waals surface area contributed by atoms with Gasteiger partial charge in [-0.15, -0.1) is 0 Å². The van der Waals surface area contributed by atoms with Crippen LogP contribution >= 0.6 is 0 Å². The highest BCUT2D eigenvalue weighted by atomic mass is 16.1. The number of benzene rings is 2. The second-order valence-corrected chi connectivity index (χ2v) is 6.58. The van der Waals surface area contributed by atoms with Crippen molar-refractivity contribution < 1.29 is 0 Å². The molecule has 1 N–H and O–H groups in total. The third kappa shape index (κ3) is 3.66. The molecule has 0 saturated heterocycles. The van der Waals surface area contributed by atoms with E-state index in [-0.39, 0.29) is 11.6 Å². The Morgan fingerprint density at radius 1 is 0.889 bits per heavy atom. The topological polar surface area (TPSA) is 46.4 Å². The number of fused-ring (bicyclic) bond motifs is 1. The molecule has 0 amide bonds. The minimum atomic E-state index is -0.0501. The van der Waals surface area contributed by atoms with E-state index in [1.165, 1.54) is 11.1 Å². The van der Waals surface area contributed by atoms with Gasteiger partial charge in [0.2, 0.25) is 0 Å². The number of pyridine rings is 1. The van der Waals surface area contributed by atoms with E-state index >= 15 is 0 Å². The van der Waals surface area contributed by atoms with E-state index < -0.39 is 0 Å². The van der Waals surface area contributed by atoms with Crippen molar-refractivity contribution in [2.75, 3.05) is 0 Å². The van der Waals surface area contributed by atoms with Gasteiger partial charge in [-0.05, 0) is 30.2 Å². The molecule has 2 heterocycles. The van der Waals surface area contributed by atoms with Gasteiger partial charge in [0.15, 0.2) is 0 Å². The summed E-state index contributed by atoms with van der Waals surface area (Å²) in [5.41, 5.74) is 4.61. The van der Waals surface area contributed by atoms with Crippen LogP contribution in [0.3, 0.4) is 0 Å². The zero-order chi connectivity index (χ0) is 18.6. The molecule has 0 saturated carbocycles. The first-order valence-corrected chi connectivity index (χ1v) is 9.04. The molecule has 4 rings (SSSR count). The fraction of sp³-hybridized carbons (Fsp3) is 0.130. The summed E-state index contributed by atoms with van der Waals surface area (Å²) in [4.78, 5) is 17.2. The molecular formula is C23H21N3O. The van der Waals surface area contributed by atoms with E-state index in [1.807, 2.05) is 61.5 Å². The van der Waals surface area contributed by atoms with Gasteiger partial charge in [0.25, 0.3) is 5.56 Å². The molecule has 2 aromatic carbocycles. The first-order valence-electron chi connectivity index (χ1n) is 9.04. The van der Waals surface area contributed by atoms with Gasteiger partial charge in [-0.25, -0.2) is 4.98 Å². The zero-order valence-electron chi connectivity index (χ0n) is 15.2. The monoisotopic (exact) mass is 355 g/mol. The molecule has 0 aliphatic heterocycles. The molecule has 0 fully saturated rings. The summed E-state index contributed by atoms with van der Waals surface area (Å²) in [6.45, 7) is 2.42. The van der Waals surface area contributed by atoms with Crippen molar-refractivity contribution in [3.05, 3.63) is 118 Å². The first-order chi connectivity index (χ1) is 13.2. The number of aryl methyl sites for hydroxylation is 1. The molecular weight excluding hydrogens is 334 g/mol. The second-order valence-electron chi connectivity index (χ2n) is 6.58. The van der Waals surface area contributed by atoms with Crippen LogP contribution in [0.4, 0.5) is 0 Å². The molecule has 0 atom stereocenters. The van der Waals surface area contributed by atoms with Gasteiger partial charge in [0.1, 0.15) is 5.65 Å². The van der Waals surface area contributed by atoms with Gasteiger partial charge >= 0.3 is 0 Å². The van der Waals surface area contributed by atoms with E-state index in [9.17, 15) is 4.79 Å². The van der Waals surface area contributed by atoms with Gasteiger partial charge in [-0.3, -0.25) is 9.20 Å². The molecule has 4 nitrogen and oxygen atoms in total. The average molecular weight is 355 g/mol. The molecule has 0 bridgehead atoms. The van der Waals surface area contributed by atoms with Gasteiger partial charge < -0.3 is 5.32 Å². The first kappa shape index (κ1) is 17.2. The summed E-state index contributed by atoms with van der Waals surface area (Å²) >= 11 is 0. The Kier molecular flexibility index (Phi) is 4.81. The van der Waals surface area contributed by atoms with Crippen molar-refractivity contribution in [2.45, 2.75) is 19.5 Å². The minimum absolute atomic E-state index is 0.0326. The third-order valence-corrected chi connectivity index (χ3v) is 4.69. The quantitative estimate of drug-likeness (QED) is 0.591. The van der Waals surface area contributed by atoms with Crippen molar-refractivity contribution in [3.63, 3.8) is 0 Å². The van der Waals surface area contributed by atoms with Crippen LogP contribution in [-0.4, -0.2) is 9.38 Å². The number of hydrogen-bond donors (Lipinski definition) is 1. The van der Waals surface area contributed by atoms with Crippen molar-refractivity contribution in [1.29, 1.82) is 0 Å². The number of nitrogens with zero attached hydrogens (tertiary/aromatic N) is 2. The Labute approximate surface area is 158 Å². The van der Waals surface area contributed by atoms with Crippen molar-refractivity contribution in [3.8, 4) is 0 Å². The van der Waals surface area contributed by atoms with Crippen LogP contribution in [0.25, 0.3) is 5.65 Å². The lowest BCUT2D eigenvalue weighted by atomic mass is 9.98. The maximum Gasteiger partial charge on any atom is 0.258 e. The number of aromatic nitrogens is 2. The molecule has 4 aromatic rings. The Bertz CT molecular complexity index is 1070. The molecule has 0 spiro atoms. The van der Waals surface area contributed by atoms with Crippen LogP contribution in [0, 0.1) is 6.92 Å². The fourth-order valence-electron chi connectivity index (χ4n) is 3.38. The van der Waals surface area contributed by atoms with Gasteiger partial charge in [0, 0.05) is 18.3 Å². The number of rotatable bonds is 5. The van der Waals surface area contributed by atoms with Crippen LogP contribution in [0.5, 0.6) is 0 Å². The highest BCUT2D eigenvalue weighted by Gasteiger charge is 2.14. The van der Waals surface area contributed by atoms with E-state index in [0.29, 0.717) is 12.2 Å². The fourth-order valence-corrected chi connectivity index (χ4v) is 3.38. The standard InChI is InChI=1S/C23H21N3O/c1-17-9-8-14-21-25-20(15-22(27)26(17)21)16-24-23(18-10-4-2-5-11-18)19-12-6-3-7-13-19/h2-15,23-24H,16H2,1H3. The Morgan fingerprint density at radius 2 is 1.52 bits per heavy atom. The Balaban J connectivity index is 1.65. The molecule has 0 aliphatic rings. The van der Waals surface area contributed by atoms with Crippen molar-refractivity contribution in [1.82, 2.24) is 14.7 Å². The van der Waals surface area contributed by atoms with E-state index in [4.69, 9.17) is 0 Å². The molecule has 134 valence electrons. The number of nitrogens with one attached hydrogen (secondary N) is 1. The largest absolute Gasteiger partial charge is 0.301 e. The summed E-state index contributed by atoms with van der Waals surface area (Å²) in [6, 6.07) is 28.0. The van der Waals surface area contributed by atoms with Crippen LogP contribution in [0.15, 0.2) is 89.7 Å². The highest BCUT2D eigenvalue weighted by Crippen LogP contribution is 2.22. The van der Waals surface area contributed by atoms with Crippen LogP contribution in [0.2, 0.25) is 0 Å². The smallest absolute Gasteiger partial charge is 0.258 e. The van der Waals surface area contributed by atoms with Gasteiger partial charge in [-0.2, -0.15) is 0 Å². The van der Waals surface area contributed by atoms with Crippen molar-refractivity contribution >= 4 is 5.65 Å². The predicted octanol–water partition coefficient (Wildman–Crippen LogP) is 3.88. The highest BCUT2D eigenvalue weighted by molar-refractivity contribution is 5.40. The normalized spacial score (nSPS) is 11.2. The minimum Gasteiger partial charge on any atom is -0.301 e. The van der Waals surface area contributed by atoms with Crippen molar-refractivity contribution in [2.24, 2.45) is 0 Å². The Morgan fingerprint density at radius 3 is 2.15 bits per heavy atom. The lowest BCUT2D eigenvalue weighted by molar-refractivity contribution is 0.596. The summed E-state index contributed by atoms with van der Waals surface area (Å²) in [5.74, 6) is 0. The molecule has 0 aliphatic carbocycles. The van der Waals surface area contributed by atoms with E-state index in [1.54, 1.807) is 10.5 Å². The van der Waals surface area contributed by atoms with E-state index in [2.05, 4.69) is 34.6 Å². The van der Waals surface area contributed by atoms with Crippen LogP contribution in [0.1, 0.15) is 28.6 Å². The molecule has 2 aromatic heterocycles. The number of hydrogen-bond acceptors (Lipinski definition) is 3. The zero-order valence-corrected chi connectivity index (χ0v) is 15.2. The summed E-state index contributed by atoms with van der Waals surface area (Å²) in [7, 11) is 0. The average Bonchev–Trinajstić information content (AvgIpc) is 2.70. The third-order valence-electron chi connectivity index (χ3n) is 4.69. The van der Waals surface area contributed by atoms with Gasteiger partial charge in [-0.1, -0.05) is 66.7 Å². The SMILES string of the molecule is Cc1cccc2nc(CNC(c3ccccc3)c3ccccc3)cc(=O)n12. The van der Waals surface area contributed by atoms with E-state index in [0.717, 1.165) is 11.4 Å². The van der Waals surface area contributed by atoms with Crippen LogP contribution in [-0.2, 0) is 6.54 Å². The molecule has 0 unspecified atom stereocenters. The molecule has 0 radical (unpaired) electrons. The predicted molar refractivity (Wildman–Crippen MR) is 108 cm³/mol. The molecule has 27 heavy (non-hydrogen) atoms. The maximum atomic E-state index is 12.5. The molecule has 4 heteroatoms. The summed E-state index contributed by atoms with van der Waals surface area (Å²) < 4.78 is 1.63. The Hall–Kier alpha value is -3.24. The second kappa shape index (κ2) is 7.56. The summed E-state index contributed by atoms with van der Waals surface area (Å²) in [5, 5.41) is 3.56. The lowest BCUT2D eigenvalue weighted by Gasteiger charge is -2.20. The maximum absolute atomic E-state index is 12.5. The van der Waals surface area contributed by atoms with Crippen LogP contribution < -0.4 is 10.9 Å². The summed E-state index contributed by atoms with van der Waals surface area (Å²) in [6.07, 6.45) is 0. The van der Waals surface area contributed by atoms with Gasteiger partial charge in [0.05, 0.1) is 11.7 Å².